The summed E-state index contributed by atoms with van der Waals surface area (Å²) in [6.07, 6.45) is 0.954. The van der Waals surface area contributed by atoms with Crippen molar-refractivity contribution in [1.82, 2.24) is 0 Å². The second kappa shape index (κ2) is 5.47. The van der Waals surface area contributed by atoms with E-state index < -0.39 is 9.84 Å². The second-order valence-electron chi connectivity index (χ2n) is 4.43. The summed E-state index contributed by atoms with van der Waals surface area (Å²) in [4.78, 5) is 0. The highest BCUT2D eigenvalue weighted by Crippen LogP contribution is 2.26. The molecule has 1 saturated heterocycles. The van der Waals surface area contributed by atoms with Gasteiger partial charge in [-0.25, -0.2) is 8.42 Å². The largest absolute Gasteiger partial charge is 0.489 e. The average molecular weight is 290 g/mol. The summed E-state index contributed by atoms with van der Waals surface area (Å²) in [5.74, 6) is 0.988. The molecule has 0 radical (unpaired) electrons. The van der Waals surface area contributed by atoms with E-state index in [0.717, 1.165) is 5.56 Å². The molecule has 6 heteroatoms. The van der Waals surface area contributed by atoms with E-state index in [1.165, 1.54) is 0 Å². The molecule has 1 aliphatic rings. The summed E-state index contributed by atoms with van der Waals surface area (Å²) in [7, 11) is -2.92. The fourth-order valence-electron chi connectivity index (χ4n) is 2.05. The zero-order valence-electron chi connectivity index (χ0n) is 9.93. The predicted molar refractivity (Wildman–Crippen MR) is 71.9 cm³/mol. The molecule has 1 fully saturated rings. The SMILES string of the molecule is NCCc1cc(Cl)ccc1OC1CCS(=O)(=O)C1. The second-order valence-corrected chi connectivity index (χ2v) is 7.10. The maximum absolute atomic E-state index is 11.4. The molecule has 2 N–H and O–H groups in total. The van der Waals surface area contributed by atoms with Crippen molar-refractivity contribution in [3.8, 4) is 5.75 Å². The van der Waals surface area contributed by atoms with Crippen LogP contribution in [0.15, 0.2) is 18.2 Å². The summed E-state index contributed by atoms with van der Waals surface area (Å²) in [6.45, 7) is 0.500. The minimum Gasteiger partial charge on any atom is -0.489 e. The third-order valence-corrected chi connectivity index (χ3v) is 4.89. The molecule has 1 aromatic rings. The Balaban J connectivity index is 2.14. The molecule has 1 atom stereocenters. The Kier molecular flexibility index (Phi) is 4.14. The number of rotatable bonds is 4. The lowest BCUT2D eigenvalue weighted by Crippen LogP contribution is -2.19. The number of benzene rings is 1. The average Bonchev–Trinajstić information content (AvgIpc) is 2.62. The topological polar surface area (TPSA) is 69.4 Å². The van der Waals surface area contributed by atoms with Crippen LogP contribution in [-0.4, -0.2) is 32.6 Å². The van der Waals surface area contributed by atoms with Gasteiger partial charge < -0.3 is 10.5 Å². The van der Waals surface area contributed by atoms with Crippen molar-refractivity contribution in [2.24, 2.45) is 5.73 Å². The minimum atomic E-state index is -2.92. The van der Waals surface area contributed by atoms with Crippen LogP contribution in [0.2, 0.25) is 5.02 Å². The van der Waals surface area contributed by atoms with Crippen molar-refractivity contribution >= 4 is 21.4 Å². The van der Waals surface area contributed by atoms with Gasteiger partial charge in [0.25, 0.3) is 0 Å². The van der Waals surface area contributed by atoms with Crippen molar-refractivity contribution in [2.45, 2.75) is 18.9 Å². The molecule has 0 aromatic heterocycles. The van der Waals surface area contributed by atoms with Crippen LogP contribution in [0.3, 0.4) is 0 Å². The zero-order valence-corrected chi connectivity index (χ0v) is 11.5. The molecule has 0 spiro atoms. The van der Waals surface area contributed by atoms with Crippen LogP contribution in [-0.2, 0) is 16.3 Å². The van der Waals surface area contributed by atoms with Crippen molar-refractivity contribution < 1.29 is 13.2 Å². The van der Waals surface area contributed by atoms with E-state index in [4.69, 9.17) is 22.1 Å². The normalized spacial score (nSPS) is 22.0. The molecule has 0 bridgehead atoms. The summed E-state index contributed by atoms with van der Waals surface area (Å²) in [6, 6.07) is 5.33. The van der Waals surface area contributed by atoms with E-state index in [1.54, 1.807) is 12.1 Å². The lowest BCUT2D eigenvalue weighted by molar-refractivity contribution is 0.226. The lowest BCUT2D eigenvalue weighted by atomic mass is 10.1. The first-order valence-corrected chi connectivity index (χ1v) is 8.06. The molecule has 1 aliphatic heterocycles. The van der Waals surface area contributed by atoms with Gasteiger partial charge in [0.15, 0.2) is 9.84 Å². The van der Waals surface area contributed by atoms with Gasteiger partial charge in [0.1, 0.15) is 11.9 Å². The van der Waals surface area contributed by atoms with E-state index >= 15 is 0 Å². The van der Waals surface area contributed by atoms with Crippen LogP contribution < -0.4 is 10.5 Å². The summed E-state index contributed by atoms with van der Waals surface area (Å²) in [5, 5.41) is 0.629. The zero-order chi connectivity index (χ0) is 13.2. The highest BCUT2D eigenvalue weighted by molar-refractivity contribution is 7.91. The first kappa shape index (κ1) is 13.6. The first-order chi connectivity index (χ1) is 8.50. The fraction of sp³-hybridized carbons (Fsp3) is 0.500. The van der Waals surface area contributed by atoms with Crippen molar-refractivity contribution in [3.63, 3.8) is 0 Å². The van der Waals surface area contributed by atoms with E-state index in [-0.39, 0.29) is 17.6 Å². The Hall–Kier alpha value is -0.780. The highest BCUT2D eigenvalue weighted by atomic mass is 35.5. The van der Waals surface area contributed by atoms with Gasteiger partial charge in [0.05, 0.1) is 11.5 Å². The van der Waals surface area contributed by atoms with E-state index in [0.29, 0.717) is 30.2 Å². The van der Waals surface area contributed by atoms with Gasteiger partial charge in [-0.05, 0) is 43.1 Å². The van der Waals surface area contributed by atoms with E-state index in [9.17, 15) is 8.42 Å². The van der Waals surface area contributed by atoms with Crippen molar-refractivity contribution in [1.29, 1.82) is 0 Å². The first-order valence-electron chi connectivity index (χ1n) is 5.86. The standard InChI is InChI=1S/C12H16ClNO3S/c13-10-1-2-12(9(7-10)3-5-14)17-11-4-6-18(15,16)8-11/h1-2,7,11H,3-6,8,14H2. The Morgan fingerprint density at radius 3 is 2.83 bits per heavy atom. The minimum absolute atomic E-state index is 0.0949. The van der Waals surface area contributed by atoms with Gasteiger partial charge >= 0.3 is 0 Å². The van der Waals surface area contributed by atoms with Crippen LogP contribution in [0.5, 0.6) is 5.75 Å². The molecule has 0 amide bonds. The molecule has 2 rings (SSSR count). The van der Waals surface area contributed by atoms with Gasteiger partial charge in [-0.2, -0.15) is 0 Å². The molecule has 1 unspecified atom stereocenters. The van der Waals surface area contributed by atoms with Gasteiger partial charge in [-0.3, -0.25) is 0 Å². The summed E-state index contributed by atoms with van der Waals surface area (Å²) < 4.78 is 28.5. The number of hydrogen-bond donors (Lipinski definition) is 1. The quantitative estimate of drug-likeness (QED) is 0.910. The monoisotopic (exact) mass is 289 g/mol. The number of nitrogens with two attached hydrogens (primary N) is 1. The van der Waals surface area contributed by atoms with Crippen LogP contribution in [0, 0.1) is 0 Å². The van der Waals surface area contributed by atoms with Gasteiger partial charge in [0.2, 0.25) is 0 Å². The molecule has 0 aliphatic carbocycles. The Morgan fingerprint density at radius 1 is 1.44 bits per heavy atom. The molecular weight excluding hydrogens is 274 g/mol. The van der Waals surface area contributed by atoms with E-state index in [1.807, 2.05) is 6.07 Å². The van der Waals surface area contributed by atoms with Crippen LogP contribution in [0.1, 0.15) is 12.0 Å². The van der Waals surface area contributed by atoms with Gasteiger partial charge in [-0.15, -0.1) is 0 Å². The molecule has 1 heterocycles. The summed E-state index contributed by atoms with van der Waals surface area (Å²) >= 11 is 5.92. The number of halogens is 1. The number of ether oxygens (including phenoxy) is 1. The molecule has 100 valence electrons. The van der Waals surface area contributed by atoms with Gasteiger partial charge in [0, 0.05) is 5.02 Å². The Bertz CT molecular complexity index is 530. The van der Waals surface area contributed by atoms with Crippen LogP contribution in [0.4, 0.5) is 0 Å². The maximum atomic E-state index is 11.4. The summed E-state index contributed by atoms with van der Waals surface area (Å²) in [5.41, 5.74) is 6.46. The smallest absolute Gasteiger partial charge is 0.154 e. The predicted octanol–water partition coefficient (Wildman–Crippen LogP) is 1.41. The van der Waals surface area contributed by atoms with Crippen molar-refractivity contribution in [2.75, 3.05) is 18.1 Å². The molecule has 18 heavy (non-hydrogen) atoms. The van der Waals surface area contributed by atoms with Crippen molar-refractivity contribution in [3.05, 3.63) is 28.8 Å². The molecule has 1 aromatic carbocycles. The third kappa shape index (κ3) is 3.37. The van der Waals surface area contributed by atoms with Gasteiger partial charge in [-0.1, -0.05) is 11.6 Å². The fourth-order valence-corrected chi connectivity index (χ4v) is 3.83. The van der Waals surface area contributed by atoms with Crippen LogP contribution >= 0.6 is 11.6 Å². The highest BCUT2D eigenvalue weighted by Gasteiger charge is 2.29. The van der Waals surface area contributed by atoms with E-state index in [2.05, 4.69) is 0 Å². The number of sulfone groups is 1. The van der Waals surface area contributed by atoms with Crippen LogP contribution in [0.25, 0.3) is 0 Å². The Labute approximate surface area is 112 Å². The molecular formula is C12H16ClNO3S. The maximum Gasteiger partial charge on any atom is 0.154 e. The molecule has 0 saturated carbocycles. The number of hydrogen-bond acceptors (Lipinski definition) is 4. The lowest BCUT2D eigenvalue weighted by Gasteiger charge is -2.15. The Morgan fingerprint density at radius 2 is 2.22 bits per heavy atom. The third-order valence-electron chi connectivity index (χ3n) is 2.92. The molecule has 4 nitrogen and oxygen atoms in total.